The summed E-state index contributed by atoms with van der Waals surface area (Å²) in [5.74, 6) is 1.11. The van der Waals surface area contributed by atoms with Gasteiger partial charge in [-0.25, -0.2) is 4.98 Å². The summed E-state index contributed by atoms with van der Waals surface area (Å²) >= 11 is 0. The van der Waals surface area contributed by atoms with Gasteiger partial charge in [0.15, 0.2) is 0 Å². The van der Waals surface area contributed by atoms with E-state index in [1.807, 2.05) is 48.0 Å². The summed E-state index contributed by atoms with van der Waals surface area (Å²) in [7, 11) is 0. The van der Waals surface area contributed by atoms with Crippen molar-refractivity contribution < 1.29 is 14.6 Å². The summed E-state index contributed by atoms with van der Waals surface area (Å²) in [5.41, 5.74) is 8.69. The van der Waals surface area contributed by atoms with Crippen molar-refractivity contribution in [2.24, 2.45) is 0 Å². The molecule has 9 nitrogen and oxygen atoms in total. The van der Waals surface area contributed by atoms with Crippen molar-refractivity contribution in [1.29, 1.82) is 0 Å². The molecule has 3 aliphatic rings. The minimum atomic E-state index is -0.216. The molecule has 1 saturated heterocycles. The number of aliphatic hydroxyl groups is 1. The van der Waals surface area contributed by atoms with E-state index in [1.165, 1.54) is 18.4 Å². The molecular weight excluding hydrogens is 528 g/mol. The first-order chi connectivity index (χ1) is 20.6. The van der Waals surface area contributed by atoms with Gasteiger partial charge in [0.2, 0.25) is 0 Å². The van der Waals surface area contributed by atoms with Crippen LogP contribution in [-0.2, 0) is 6.61 Å². The zero-order valence-corrected chi connectivity index (χ0v) is 23.4. The molecule has 9 heteroatoms. The number of aromatic nitrogens is 4. The number of nitrogens with one attached hydrogen (secondary N) is 2. The van der Waals surface area contributed by atoms with Gasteiger partial charge in [0.05, 0.1) is 41.8 Å². The molecule has 0 radical (unpaired) electrons. The normalized spacial score (nSPS) is 17.2. The van der Waals surface area contributed by atoms with Crippen LogP contribution in [0.25, 0.3) is 33.4 Å². The number of benzene rings is 2. The molecule has 1 saturated carbocycles. The van der Waals surface area contributed by atoms with Crippen LogP contribution in [0.1, 0.15) is 52.0 Å². The van der Waals surface area contributed by atoms with Crippen molar-refractivity contribution in [2.75, 3.05) is 31.1 Å². The second-order valence-corrected chi connectivity index (χ2v) is 11.5. The highest BCUT2D eigenvalue weighted by molar-refractivity contribution is 6.09. The van der Waals surface area contributed by atoms with E-state index in [0.29, 0.717) is 47.7 Å². The molecule has 3 aromatic heterocycles. The van der Waals surface area contributed by atoms with Crippen LogP contribution < -0.4 is 15.0 Å². The van der Waals surface area contributed by atoms with Crippen LogP contribution in [0, 0.1) is 6.92 Å². The number of aliphatic hydroxyl groups excluding tert-OH is 1. The molecule has 2 aromatic carbocycles. The molecule has 1 amide bonds. The molecule has 2 fully saturated rings. The lowest BCUT2D eigenvalue weighted by Gasteiger charge is -2.27. The summed E-state index contributed by atoms with van der Waals surface area (Å²) in [6.07, 6.45) is 6.26. The summed E-state index contributed by atoms with van der Waals surface area (Å²) in [5, 5.41) is 19.7. The SMILES string of the molecule is Cc1nn(C2CNC2)cc1-c1cc2c(-c3cccc(N4CCOc5cc(C6CC6)ccc5C4=O)c3CO)ccnc2[nH]1. The van der Waals surface area contributed by atoms with E-state index in [-0.39, 0.29) is 12.5 Å². The topological polar surface area (TPSA) is 108 Å². The molecular formula is C33H32N6O3. The molecule has 5 heterocycles. The van der Waals surface area contributed by atoms with Crippen molar-refractivity contribution in [2.45, 2.75) is 38.3 Å². The van der Waals surface area contributed by atoms with Gasteiger partial charge < -0.3 is 25.0 Å². The molecule has 1 aliphatic carbocycles. The second kappa shape index (κ2) is 9.82. The van der Waals surface area contributed by atoms with Gasteiger partial charge in [0, 0.05) is 42.0 Å². The Morgan fingerprint density at radius 1 is 1.05 bits per heavy atom. The number of aromatic amines is 1. The fourth-order valence-electron chi connectivity index (χ4n) is 6.28. The molecule has 212 valence electrons. The van der Waals surface area contributed by atoms with E-state index < -0.39 is 0 Å². The Hall–Kier alpha value is -4.47. The molecule has 42 heavy (non-hydrogen) atoms. The maximum Gasteiger partial charge on any atom is 0.262 e. The minimum Gasteiger partial charge on any atom is -0.491 e. The number of aryl methyl sites for hydroxylation is 1. The zero-order valence-electron chi connectivity index (χ0n) is 23.4. The van der Waals surface area contributed by atoms with Crippen LogP contribution in [0.3, 0.4) is 0 Å². The fraction of sp³-hybridized carbons (Fsp3) is 0.303. The third kappa shape index (κ3) is 4.11. The van der Waals surface area contributed by atoms with Gasteiger partial charge in [-0.3, -0.25) is 9.48 Å². The van der Waals surface area contributed by atoms with Crippen LogP contribution in [0.15, 0.2) is 60.9 Å². The van der Waals surface area contributed by atoms with Gasteiger partial charge in [-0.15, -0.1) is 0 Å². The number of carbonyl (C=O) groups excluding carboxylic acids is 1. The lowest BCUT2D eigenvalue weighted by atomic mass is 9.96. The van der Waals surface area contributed by atoms with Crippen LogP contribution in [0.5, 0.6) is 5.75 Å². The first kappa shape index (κ1) is 25.3. The number of ether oxygens (including phenoxy) is 1. The Morgan fingerprint density at radius 2 is 1.93 bits per heavy atom. The van der Waals surface area contributed by atoms with Gasteiger partial charge in [-0.2, -0.15) is 5.10 Å². The van der Waals surface area contributed by atoms with E-state index >= 15 is 0 Å². The lowest BCUT2D eigenvalue weighted by Crippen LogP contribution is -2.43. The molecule has 2 aliphatic heterocycles. The maximum absolute atomic E-state index is 13.9. The molecule has 0 bridgehead atoms. The number of anilines is 1. The highest BCUT2D eigenvalue weighted by Gasteiger charge is 2.30. The standard InChI is InChI=1S/C33H32N6O3/c1-19-27(17-39(37-19)22-15-34-16-22)29-14-26-24(9-10-35-32(26)36-29)23-3-2-4-30(28(23)18-40)38-11-12-42-31-13-21(20-5-6-20)7-8-25(31)33(38)41/h2-4,7-10,13-14,17,20,22,34,40H,5-6,11-12,15-16,18H2,1H3,(H,35,36). The van der Waals surface area contributed by atoms with E-state index in [2.05, 4.69) is 33.6 Å². The monoisotopic (exact) mass is 560 g/mol. The predicted octanol–water partition coefficient (Wildman–Crippen LogP) is 4.96. The van der Waals surface area contributed by atoms with Gasteiger partial charge in [-0.05, 0) is 72.7 Å². The number of nitrogens with zero attached hydrogens (tertiary/aromatic N) is 4. The maximum atomic E-state index is 13.9. The third-order valence-electron chi connectivity index (χ3n) is 8.87. The average molecular weight is 561 g/mol. The number of carbonyl (C=O) groups is 1. The van der Waals surface area contributed by atoms with E-state index in [4.69, 9.17) is 9.84 Å². The van der Waals surface area contributed by atoms with E-state index in [9.17, 15) is 9.90 Å². The van der Waals surface area contributed by atoms with Crippen molar-refractivity contribution in [3.63, 3.8) is 0 Å². The third-order valence-corrected chi connectivity index (χ3v) is 8.87. The Morgan fingerprint density at radius 3 is 2.71 bits per heavy atom. The lowest BCUT2D eigenvalue weighted by molar-refractivity contribution is 0.0989. The minimum absolute atomic E-state index is 0.116. The highest BCUT2D eigenvalue weighted by Crippen LogP contribution is 2.43. The smallest absolute Gasteiger partial charge is 0.262 e. The second-order valence-electron chi connectivity index (χ2n) is 11.5. The number of fused-ring (bicyclic) bond motifs is 2. The number of hydrogen-bond acceptors (Lipinski definition) is 6. The first-order valence-corrected chi connectivity index (χ1v) is 14.7. The van der Waals surface area contributed by atoms with Crippen molar-refractivity contribution in [1.82, 2.24) is 25.1 Å². The van der Waals surface area contributed by atoms with Crippen LogP contribution >= 0.6 is 0 Å². The number of H-pyrrole nitrogens is 1. The summed E-state index contributed by atoms with van der Waals surface area (Å²) in [4.78, 5) is 23.7. The van der Waals surface area contributed by atoms with E-state index in [0.717, 1.165) is 52.2 Å². The summed E-state index contributed by atoms with van der Waals surface area (Å²) in [6.45, 7) is 4.44. The molecule has 5 aromatic rings. The summed E-state index contributed by atoms with van der Waals surface area (Å²) < 4.78 is 8.11. The number of amides is 1. The highest BCUT2D eigenvalue weighted by atomic mass is 16.5. The number of hydrogen-bond donors (Lipinski definition) is 3. The van der Waals surface area contributed by atoms with Gasteiger partial charge in [-0.1, -0.05) is 18.2 Å². The van der Waals surface area contributed by atoms with Gasteiger partial charge >= 0.3 is 0 Å². The Bertz CT molecular complexity index is 1850. The first-order valence-electron chi connectivity index (χ1n) is 14.7. The van der Waals surface area contributed by atoms with Gasteiger partial charge in [0.1, 0.15) is 18.0 Å². The Kier molecular flexibility index (Phi) is 5.90. The van der Waals surface area contributed by atoms with Gasteiger partial charge in [0.25, 0.3) is 5.91 Å². The van der Waals surface area contributed by atoms with Crippen LogP contribution in [0.4, 0.5) is 5.69 Å². The summed E-state index contributed by atoms with van der Waals surface area (Å²) in [6, 6.07) is 16.3. The largest absolute Gasteiger partial charge is 0.491 e. The molecule has 0 atom stereocenters. The Labute approximate surface area is 243 Å². The van der Waals surface area contributed by atoms with Crippen molar-refractivity contribution >= 4 is 22.6 Å². The Balaban J connectivity index is 1.19. The molecule has 0 spiro atoms. The van der Waals surface area contributed by atoms with Crippen molar-refractivity contribution in [3.05, 3.63) is 83.3 Å². The fourth-order valence-corrected chi connectivity index (χ4v) is 6.28. The number of pyridine rings is 1. The zero-order chi connectivity index (χ0) is 28.4. The van der Waals surface area contributed by atoms with Crippen molar-refractivity contribution in [3.8, 4) is 28.1 Å². The molecule has 0 unspecified atom stereocenters. The predicted molar refractivity (Wildman–Crippen MR) is 161 cm³/mol. The van der Waals surface area contributed by atoms with Crippen LogP contribution in [-0.4, -0.2) is 57.0 Å². The van der Waals surface area contributed by atoms with Crippen LogP contribution in [0.2, 0.25) is 0 Å². The molecule has 8 rings (SSSR count). The molecule has 3 N–H and O–H groups in total. The average Bonchev–Trinajstić information content (AvgIpc) is 3.66. The quantitative estimate of drug-likeness (QED) is 0.271. The number of rotatable bonds is 6. The van der Waals surface area contributed by atoms with E-state index in [1.54, 1.807) is 11.1 Å².